The Labute approximate surface area is 196 Å². The number of nitrogens with zero attached hydrogens (tertiary/aromatic N) is 1. The van der Waals surface area contributed by atoms with Gasteiger partial charge < -0.3 is 9.47 Å². The standard InChI is InChI=1S/C25H21ClINO2/c1-3-29-24-14-19(12-21(15-28)20-8-10-22(26)11-9-20)13-23(27)25(24)30-16-18-6-4-17(2)5-7-18/h4-14H,3,16H2,1-2H3/b21-12+. The third-order valence-corrected chi connectivity index (χ3v) is 5.48. The van der Waals surface area contributed by atoms with Crippen molar-refractivity contribution in [2.45, 2.75) is 20.5 Å². The number of benzene rings is 3. The molecule has 3 nitrogen and oxygen atoms in total. The second-order valence-corrected chi connectivity index (χ2v) is 8.31. The summed E-state index contributed by atoms with van der Waals surface area (Å²) < 4.78 is 12.9. The minimum absolute atomic E-state index is 0.458. The zero-order valence-electron chi connectivity index (χ0n) is 16.8. The summed E-state index contributed by atoms with van der Waals surface area (Å²) in [6, 6.07) is 21.7. The molecule has 0 spiro atoms. The summed E-state index contributed by atoms with van der Waals surface area (Å²) >= 11 is 8.20. The van der Waals surface area contributed by atoms with Crippen LogP contribution in [0.3, 0.4) is 0 Å². The molecule has 152 valence electrons. The van der Waals surface area contributed by atoms with Gasteiger partial charge in [-0.1, -0.05) is 53.6 Å². The van der Waals surface area contributed by atoms with Gasteiger partial charge in [-0.05, 0) is 83.5 Å². The Morgan fingerprint density at radius 3 is 2.40 bits per heavy atom. The molecule has 0 aromatic heterocycles. The Kier molecular flexibility index (Phi) is 7.78. The lowest BCUT2D eigenvalue weighted by atomic mass is 10.0. The highest BCUT2D eigenvalue weighted by Crippen LogP contribution is 2.36. The predicted octanol–water partition coefficient (Wildman–Crippen LogP) is 7.29. The van der Waals surface area contributed by atoms with E-state index < -0.39 is 0 Å². The fraction of sp³-hybridized carbons (Fsp3) is 0.160. The molecule has 0 fully saturated rings. The van der Waals surface area contributed by atoms with Crippen molar-refractivity contribution in [2.24, 2.45) is 0 Å². The molecule has 3 aromatic carbocycles. The van der Waals surface area contributed by atoms with E-state index in [1.165, 1.54) is 5.56 Å². The summed E-state index contributed by atoms with van der Waals surface area (Å²) in [5, 5.41) is 10.3. The second-order valence-electron chi connectivity index (χ2n) is 6.71. The van der Waals surface area contributed by atoms with Gasteiger partial charge in [-0.2, -0.15) is 5.26 Å². The number of aryl methyl sites for hydroxylation is 1. The quantitative estimate of drug-likeness (QED) is 0.183. The van der Waals surface area contributed by atoms with E-state index in [0.29, 0.717) is 35.3 Å². The minimum Gasteiger partial charge on any atom is -0.490 e. The molecule has 0 bridgehead atoms. The molecule has 3 rings (SSSR count). The lowest BCUT2D eigenvalue weighted by Crippen LogP contribution is -2.02. The fourth-order valence-electron chi connectivity index (χ4n) is 2.89. The van der Waals surface area contributed by atoms with E-state index in [9.17, 15) is 5.26 Å². The Bertz CT molecular complexity index is 1080. The number of rotatable bonds is 7. The molecule has 0 saturated carbocycles. The monoisotopic (exact) mass is 529 g/mol. The zero-order chi connectivity index (χ0) is 21.5. The summed E-state index contributed by atoms with van der Waals surface area (Å²) in [5.41, 5.74) is 4.55. The van der Waals surface area contributed by atoms with E-state index in [1.54, 1.807) is 12.1 Å². The molecule has 0 saturated heterocycles. The molecule has 0 atom stereocenters. The highest BCUT2D eigenvalue weighted by atomic mass is 127. The van der Waals surface area contributed by atoms with Crippen LogP contribution in [-0.2, 0) is 6.61 Å². The number of hydrogen-bond acceptors (Lipinski definition) is 3. The first-order chi connectivity index (χ1) is 14.5. The van der Waals surface area contributed by atoms with E-state index in [-0.39, 0.29) is 0 Å². The second kappa shape index (κ2) is 10.5. The van der Waals surface area contributed by atoms with Crippen LogP contribution in [0.2, 0.25) is 5.02 Å². The van der Waals surface area contributed by atoms with Crippen LogP contribution in [0, 0.1) is 21.8 Å². The van der Waals surface area contributed by atoms with Crippen LogP contribution in [0.1, 0.15) is 29.2 Å². The van der Waals surface area contributed by atoms with Crippen LogP contribution in [0.25, 0.3) is 11.6 Å². The third-order valence-electron chi connectivity index (χ3n) is 4.42. The van der Waals surface area contributed by atoms with Crippen molar-refractivity contribution < 1.29 is 9.47 Å². The van der Waals surface area contributed by atoms with Crippen LogP contribution >= 0.6 is 34.2 Å². The summed E-state index contributed by atoms with van der Waals surface area (Å²) in [4.78, 5) is 0. The van der Waals surface area contributed by atoms with E-state index in [0.717, 1.165) is 20.3 Å². The van der Waals surface area contributed by atoms with Gasteiger partial charge in [-0.15, -0.1) is 0 Å². The predicted molar refractivity (Wildman–Crippen MR) is 131 cm³/mol. The van der Waals surface area contributed by atoms with Crippen molar-refractivity contribution in [3.8, 4) is 17.6 Å². The number of nitriles is 1. The van der Waals surface area contributed by atoms with E-state index >= 15 is 0 Å². The van der Waals surface area contributed by atoms with Gasteiger partial charge in [0.2, 0.25) is 0 Å². The summed E-state index contributed by atoms with van der Waals surface area (Å²) in [5.74, 6) is 1.37. The molecule has 0 amide bonds. The molecule has 0 aliphatic heterocycles. The van der Waals surface area contributed by atoms with Crippen LogP contribution in [0.15, 0.2) is 60.7 Å². The smallest absolute Gasteiger partial charge is 0.175 e. The first-order valence-electron chi connectivity index (χ1n) is 9.52. The molecule has 0 radical (unpaired) electrons. The van der Waals surface area contributed by atoms with Gasteiger partial charge in [-0.25, -0.2) is 0 Å². The maximum atomic E-state index is 9.63. The van der Waals surface area contributed by atoms with Crippen molar-refractivity contribution in [2.75, 3.05) is 6.61 Å². The lowest BCUT2D eigenvalue weighted by Gasteiger charge is -2.15. The van der Waals surface area contributed by atoms with Gasteiger partial charge in [0.15, 0.2) is 11.5 Å². The molecule has 0 aliphatic carbocycles. The molecule has 5 heteroatoms. The summed E-state index contributed by atoms with van der Waals surface area (Å²) in [7, 11) is 0. The van der Waals surface area contributed by atoms with Crippen LogP contribution < -0.4 is 9.47 Å². The minimum atomic E-state index is 0.458. The van der Waals surface area contributed by atoms with Crippen molar-refractivity contribution in [3.63, 3.8) is 0 Å². The van der Waals surface area contributed by atoms with Gasteiger partial charge in [0.25, 0.3) is 0 Å². The zero-order valence-corrected chi connectivity index (χ0v) is 19.7. The van der Waals surface area contributed by atoms with Gasteiger partial charge in [0.05, 0.1) is 21.8 Å². The summed E-state index contributed by atoms with van der Waals surface area (Å²) in [6.45, 7) is 4.98. The number of allylic oxidation sites excluding steroid dienone is 1. The first kappa shape index (κ1) is 22.2. The fourth-order valence-corrected chi connectivity index (χ4v) is 3.80. The van der Waals surface area contributed by atoms with Gasteiger partial charge in [-0.3, -0.25) is 0 Å². The molecule has 0 N–H and O–H groups in total. The molecule has 30 heavy (non-hydrogen) atoms. The van der Waals surface area contributed by atoms with Crippen molar-refractivity contribution >= 4 is 45.8 Å². The number of halogens is 2. The molecule has 0 unspecified atom stereocenters. The SMILES string of the molecule is CCOc1cc(/C=C(\C#N)c2ccc(Cl)cc2)cc(I)c1OCc1ccc(C)cc1. The Hall–Kier alpha value is -2.49. The molecule has 0 heterocycles. The van der Waals surface area contributed by atoms with E-state index in [4.69, 9.17) is 21.1 Å². The van der Waals surface area contributed by atoms with Crippen LogP contribution in [-0.4, -0.2) is 6.61 Å². The maximum Gasteiger partial charge on any atom is 0.175 e. The normalized spacial score (nSPS) is 11.1. The molecule has 0 aliphatic rings. The Morgan fingerprint density at radius 1 is 1.07 bits per heavy atom. The number of hydrogen-bond donors (Lipinski definition) is 0. The van der Waals surface area contributed by atoms with Gasteiger partial charge >= 0.3 is 0 Å². The highest BCUT2D eigenvalue weighted by Gasteiger charge is 2.13. The topological polar surface area (TPSA) is 42.2 Å². The number of ether oxygens (including phenoxy) is 2. The average Bonchev–Trinajstić information content (AvgIpc) is 2.73. The van der Waals surface area contributed by atoms with Crippen LogP contribution in [0.4, 0.5) is 0 Å². The Balaban J connectivity index is 1.90. The molecular formula is C25H21ClINO2. The highest BCUT2D eigenvalue weighted by molar-refractivity contribution is 14.1. The average molecular weight is 530 g/mol. The van der Waals surface area contributed by atoms with Gasteiger partial charge in [0.1, 0.15) is 6.61 Å². The van der Waals surface area contributed by atoms with Crippen LogP contribution in [0.5, 0.6) is 11.5 Å². The van der Waals surface area contributed by atoms with Crippen molar-refractivity contribution in [3.05, 3.63) is 91.5 Å². The lowest BCUT2D eigenvalue weighted by molar-refractivity contribution is 0.267. The van der Waals surface area contributed by atoms with E-state index in [1.807, 2.05) is 37.3 Å². The van der Waals surface area contributed by atoms with E-state index in [2.05, 4.69) is 59.8 Å². The molecular weight excluding hydrogens is 509 g/mol. The van der Waals surface area contributed by atoms with Crippen molar-refractivity contribution in [1.29, 1.82) is 5.26 Å². The van der Waals surface area contributed by atoms with Crippen molar-refractivity contribution in [1.82, 2.24) is 0 Å². The third kappa shape index (κ3) is 5.78. The summed E-state index contributed by atoms with van der Waals surface area (Å²) in [6.07, 6.45) is 1.84. The Morgan fingerprint density at radius 2 is 1.77 bits per heavy atom. The first-order valence-corrected chi connectivity index (χ1v) is 11.0. The maximum absolute atomic E-state index is 9.63. The molecule has 3 aromatic rings. The van der Waals surface area contributed by atoms with Gasteiger partial charge in [0, 0.05) is 5.02 Å². The largest absolute Gasteiger partial charge is 0.490 e.